The van der Waals surface area contributed by atoms with Crippen LogP contribution in [0.15, 0.2) is 24.3 Å². The van der Waals surface area contributed by atoms with Gasteiger partial charge in [-0.05, 0) is 31.0 Å². The summed E-state index contributed by atoms with van der Waals surface area (Å²) in [4.78, 5) is 60.4. The minimum atomic E-state index is -1.27. The fourth-order valence-corrected chi connectivity index (χ4v) is 3.73. The van der Waals surface area contributed by atoms with Crippen molar-refractivity contribution in [2.24, 2.45) is 0 Å². The van der Waals surface area contributed by atoms with Crippen molar-refractivity contribution in [3.8, 4) is 5.75 Å². The predicted molar refractivity (Wildman–Crippen MR) is 145 cm³/mol. The molecule has 0 aliphatic carbocycles. The van der Waals surface area contributed by atoms with Gasteiger partial charge in [-0.2, -0.15) is 0 Å². The molecule has 0 bridgehead atoms. The zero-order valence-electron chi connectivity index (χ0n) is 23.5. The van der Waals surface area contributed by atoms with Crippen LogP contribution in [0.3, 0.4) is 0 Å². The Balaban J connectivity index is -0.00000456. The Morgan fingerprint density at radius 2 is 1.07 bits per heavy atom. The maximum absolute atomic E-state index is 11.5. The minimum Gasteiger partial charge on any atom is -0.494 e. The summed E-state index contributed by atoms with van der Waals surface area (Å²) in [5.41, 5.74) is 0.725. The predicted octanol–water partition coefficient (Wildman–Crippen LogP) is -1.82. The van der Waals surface area contributed by atoms with Crippen LogP contribution < -0.4 is 4.74 Å². The molecular weight excluding hydrogens is 563 g/mol. The van der Waals surface area contributed by atoms with Crippen molar-refractivity contribution < 1.29 is 54.2 Å². The molecule has 3 radical (unpaired) electrons. The van der Waals surface area contributed by atoms with Gasteiger partial charge in [0.1, 0.15) is 5.75 Å². The van der Waals surface area contributed by atoms with E-state index < -0.39 is 68.6 Å². The number of hydrogen-bond donors (Lipinski definition) is 5. The molecule has 1 aromatic rings. The first-order valence-electron chi connectivity index (χ1n) is 11.4. The molecule has 5 N–H and O–H groups in total. The molecule has 0 fully saturated rings. The van der Waals surface area contributed by atoms with Crippen molar-refractivity contribution in [3.05, 3.63) is 29.8 Å². The quantitative estimate of drug-likeness (QED) is 0.105. The Labute approximate surface area is 298 Å². The van der Waals surface area contributed by atoms with Crippen molar-refractivity contribution in [1.82, 2.24) is 14.7 Å². The number of carboxylic acid groups (broad SMARTS) is 5. The number of benzene rings is 1. The van der Waals surface area contributed by atoms with Gasteiger partial charge in [-0.3, -0.25) is 38.7 Å². The maximum Gasteiger partial charge on any atom is 0.317 e. The smallest absolute Gasteiger partial charge is 0.317 e. The second kappa shape index (κ2) is 23.8. The fourth-order valence-electron chi connectivity index (χ4n) is 3.73. The van der Waals surface area contributed by atoms with E-state index in [0.29, 0.717) is 12.4 Å². The minimum absolute atomic E-state index is 0. The fraction of sp³-hybridized carbons (Fsp3) is 0.522. The van der Waals surface area contributed by atoms with Gasteiger partial charge in [0.25, 0.3) is 0 Å². The van der Waals surface area contributed by atoms with E-state index >= 15 is 0 Å². The zero-order valence-corrected chi connectivity index (χ0v) is 29.5. The molecule has 14 nitrogen and oxygen atoms in total. The van der Waals surface area contributed by atoms with Gasteiger partial charge in [-0.15, -0.1) is 0 Å². The molecule has 209 valence electrons. The first kappa shape index (κ1) is 43.7. The standard InChI is InChI=1S/C23H33N3O11.3Na/c1-2-37-18-5-3-16(4-6-18)9-17(26(14-22(33)34)15-23(35)36)10-24(11-19(27)28)7-8-25(12-20(29)30)13-21(31)32;;;/h3-6,17H,2,7-15H2,1H3,(H,27,28)(H,29,30)(H,31,32)(H,33,34)(H,35,36);;;/t17-;;;/m0.../s1. The molecule has 0 amide bonds. The number of ether oxygens (including phenoxy) is 1. The molecule has 1 rings (SSSR count). The topological polar surface area (TPSA) is 205 Å². The second-order valence-electron chi connectivity index (χ2n) is 8.25. The van der Waals surface area contributed by atoms with Crippen LogP contribution in [0.25, 0.3) is 0 Å². The van der Waals surface area contributed by atoms with Crippen LogP contribution in [0.4, 0.5) is 0 Å². The Bertz CT molecular complexity index is 906. The third-order valence-corrected chi connectivity index (χ3v) is 5.18. The number of carbonyl (C=O) groups is 5. The molecule has 1 atom stereocenters. The van der Waals surface area contributed by atoms with E-state index in [1.807, 2.05) is 6.92 Å². The van der Waals surface area contributed by atoms with Gasteiger partial charge in [-0.1, -0.05) is 12.1 Å². The van der Waals surface area contributed by atoms with Crippen molar-refractivity contribution in [1.29, 1.82) is 0 Å². The van der Waals surface area contributed by atoms with E-state index in [2.05, 4.69) is 0 Å². The van der Waals surface area contributed by atoms with Crippen LogP contribution in [-0.2, 0) is 30.4 Å². The van der Waals surface area contributed by atoms with Crippen LogP contribution >= 0.6 is 0 Å². The molecule has 17 heteroatoms. The zero-order chi connectivity index (χ0) is 28.0. The van der Waals surface area contributed by atoms with Gasteiger partial charge in [-0.25, -0.2) is 0 Å². The third kappa shape index (κ3) is 20.2. The summed E-state index contributed by atoms with van der Waals surface area (Å²) in [6, 6.07) is 6.14. The molecule has 1 aromatic carbocycles. The normalized spacial score (nSPS) is 11.1. The van der Waals surface area contributed by atoms with Gasteiger partial charge in [0.2, 0.25) is 0 Å². The van der Waals surface area contributed by atoms with E-state index in [-0.39, 0.29) is 115 Å². The van der Waals surface area contributed by atoms with Crippen molar-refractivity contribution in [2.75, 3.05) is 59.0 Å². The average molecular weight is 596 g/mol. The molecule has 0 unspecified atom stereocenters. The summed E-state index contributed by atoms with van der Waals surface area (Å²) >= 11 is 0. The van der Waals surface area contributed by atoms with Crippen LogP contribution in [-0.4, -0.2) is 224 Å². The average Bonchev–Trinajstić information content (AvgIpc) is 2.76. The number of carboxylic acids is 5. The number of hydrogen-bond acceptors (Lipinski definition) is 9. The van der Waals surface area contributed by atoms with Crippen molar-refractivity contribution in [2.45, 2.75) is 19.4 Å². The Hall–Kier alpha value is -0.750. The largest absolute Gasteiger partial charge is 0.494 e. The van der Waals surface area contributed by atoms with E-state index in [1.165, 1.54) is 9.80 Å². The van der Waals surface area contributed by atoms with Gasteiger partial charge in [0.05, 0.1) is 39.3 Å². The summed E-state index contributed by atoms with van der Waals surface area (Å²) < 4.78 is 5.41. The monoisotopic (exact) mass is 596 g/mol. The molecule has 0 saturated carbocycles. The summed E-state index contributed by atoms with van der Waals surface area (Å²) in [6.07, 6.45) is 0.178. The Morgan fingerprint density at radius 1 is 0.675 bits per heavy atom. The first-order valence-corrected chi connectivity index (χ1v) is 11.4. The molecule has 0 aromatic heterocycles. The SMILES string of the molecule is CCOc1ccc(C[C@@H](CN(CCN(CC(=O)O)CC(=O)O)CC(=O)O)N(CC(=O)O)CC(=O)O)cc1.[Na].[Na].[Na]. The summed E-state index contributed by atoms with van der Waals surface area (Å²) in [6.45, 7) is -0.837. The molecule has 0 aliphatic rings. The maximum atomic E-state index is 11.5. The van der Waals surface area contributed by atoms with E-state index in [9.17, 15) is 39.3 Å². The van der Waals surface area contributed by atoms with Gasteiger partial charge in [0, 0.05) is 114 Å². The Kier molecular flexibility index (Phi) is 26.0. The van der Waals surface area contributed by atoms with E-state index in [0.717, 1.165) is 10.5 Å². The third-order valence-electron chi connectivity index (χ3n) is 5.18. The summed E-state index contributed by atoms with van der Waals surface area (Å²) in [5, 5.41) is 46.2. The van der Waals surface area contributed by atoms with Crippen molar-refractivity contribution >= 4 is 119 Å². The molecule has 0 aliphatic heterocycles. The first-order chi connectivity index (χ1) is 17.4. The Morgan fingerprint density at radius 3 is 1.48 bits per heavy atom. The van der Waals surface area contributed by atoms with Crippen molar-refractivity contribution in [3.63, 3.8) is 0 Å². The van der Waals surface area contributed by atoms with Gasteiger partial charge in [0.15, 0.2) is 0 Å². The van der Waals surface area contributed by atoms with E-state index in [4.69, 9.17) is 14.9 Å². The van der Waals surface area contributed by atoms with Crippen LogP contribution in [0.1, 0.15) is 12.5 Å². The summed E-state index contributed by atoms with van der Waals surface area (Å²) in [5.74, 6) is -5.65. The number of aliphatic carboxylic acids is 5. The number of nitrogens with zero attached hydrogens (tertiary/aromatic N) is 3. The second-order valence-corrected chi connectivity index (χ2v) is 8.25. The molecule has 0 spiro atoms. The van der Waals surface area contributed by atoms with Crippen LogP contribution in [0, 0.1) is 0 Å². The molecule has 40 heavy (non-hydrogen) atoms. The summed E-state index contributed by atoms with van der Waals surface area (Å²) in [7, 11) is 0. The van der Waals surface area contributed by atoms with Crippen LogP contribution in [0.5, 0.6) is 5.75 Å². The molecule has 0 heterocycles. The van der Waals surface area contributed by atoms with Gasteiger partial charge < -0.3 is 30.3 Å². The molecule has 0 saturated heterocycles. The number of rotatable bonds is 20. The van der Waals surface area contributed by atoms with E-state index in [1.54, 1.807) is 24.3 Å². The van der Waals surface area contributed by atoms with Crippen LogP contribution in [0.2, 0.25) is 0 Å². The van der Waals surface area contributed by atoms with Gasteiger partial charge >= 0.3 is 29.8 Å². The molecular formula is C23H33N3Na3O11.